The maximum atomic E-state index is 10.7. The van der Waals surface area contributed by atoms with E-state index in [9.17, 15) is 25.1 Å². The van der Waals surface area contributed by atoms with Gasteiger partial charge in [-0.25, -0.2) is 0 Å². The van der Waals surface area contributed by atoms with Crippen LogP contribution >= 0.6 is 0 Å². The molecule has 0 aliphatic rings. The van der Waals surface area contributed by atoms with Crippen molar-refractivity contribution in [1.82, 2.24) is 5.32 Å². The lowest BCUT2D eigenvalue weighted by atomic mass is 10.0. The van der Waals surface area contributed by atoms with Gasteiger partial charge in [-0.2, -0.15) is 0 Å². The molecule has 1 rings (SSSR count). The highest BCUT2D eigenvalue weighted by Crippen LogP contribution is 2.25. The van der Waals surface area contributed by atoms with Crippen molar-refractivity contribution in [3.05, 3.63) is 39.4 Å². The van der Waals surface area contributed by atoms with Crippen molar-refractivity contribution < 1.29 is 25.0 Å². The number of hydrogen-bond donors (Lipinski definition) is 4. The van der Waals surface area contributed by atoms with E-state index in [0.717, 1.165) is 6.07 Å². The maximum Gasteiger partial charge on any atom is 0.274 e. The van der Waals surface area contributed by atoms with Crippen molar-refractivity contribution in [3.63, 3.8) is 0 Å². The quantitative estimate of drug-likeness (QED) is 0.415. The summed E-state index contributed by atoms with van der Waals surface area (Å²) < 4.78 is 0. The van der Waals surface area contributed by atoms with Gasteiger partial charge in [0.05, 0.1) is 17.1 Å². The van der Waals surface area contributed by atoms with Gasteiger partial charge in [-0.3, -0.25) is 14.9 Å². The van der Waals surface area contributed by atoms with Gasteiger partial charge in [-0.15, -0.1) is 0 Å². The monoisotopic (exact) mass is 284 g/mol. The van der Waals surface area contributed by atoms with Crippen molar-refractivity contribution in [2.24, 2.45) is 0 Å². The number of nitro groups is 1. The SMILES string of the molecule is CC(=O)NCC(O)C(O)c1ccc([N+](=O)[O-])c(CO)c1. The molecular formula is C12H16N2O6. The molecule has 0 spiro atoms. The Morgan fingerprint density at radius 2 is 2.10 bits per heavy atom. The minimum absolute atomic E-state index is 0.0401. The van der Waals surface area contributed by atoms with Crippen LogP contribution in [0.15, 0.2) is 18.2 Å². The van der Waals surface area contributed by atoms with Crippen LogP contribution in [0.5, 0.6) is 0 Å². The second-order valence-corrected chi connectivity index (χ2v) is 4.25. The van der Waals surface area contributed by atoms with E-state index in [-0.39, 0.29) is 29.3 Å². The molecular weight excluding hydrogens is 268 g/mol. The third-order valence-electron chi connectivity index (χ3n) is 2.74. The first kappa shape index (κ1) is 16.0. The zero-order valence-electron chi connectivity index (χ0n) is 10.8. The number of carbonyl (C=O) groups is 1. The Labute approximate surface area is 114 Å². The zero-order valence-corrected chi connectivity index (χ0v) is 10.8. The molecule has 0 heterocycles. The summed E-state index contributed by atoms with van der Waals surface area (Å²) >= 11 is 0. The Balaban J connectivity index is 2.90. The van der Waals surface area contributed by atoms with Gasteiger partial charge in [-0.05, 0) is 17.7 Å². The molecule has 0 saturated carbocycles. The van der Waals surface area contributed by atoms with Gasteiger partial charge in [0.2, 0.25) is 5.91 Å². The minimum atomic E-state index is -1.33. The predicted octanol–water partition coefficient (Wildman–Crippen LogP) is -0.383. The van der Waals surface area contributed by atoms with E-state index < -0.39 is 23.7 Å². The van der Waals surface area contributed by atoms with Crippen LogP contribution in [-0.4, -0.2) is 38.8 Å². The van der Waals surface area contributed by atoms with Crippen molar-refractivity contribution in [2.45, 2.75) is 25.7 Å². The first-order valence-electron chi connectivity index (χ1n) is 5.85. The zero-order chi connectivity index (χ0) is 15.3. The molecule has 0 radical (unpaired) electrons. The lowest BCUT2D eigenvalue weighted by molar-refractivity contribution is -0.385. The van der Waals surface area contributed by atoms with Crippen LogP contribution in [0.4, 0.5) is 5.69 Å². The van der Waals surface area contributed by atoms with Crippen molar-refractivity contribution in [1.29, 1.82) is 0 Å². The topological polar surface area (TPSA) is 133 Å². The van der Waals surface area contributed by atoms with E-state index in [2.05, 4.69) is 5.32 Å². The highest BCUT2D eigenvalue weighted by molar-refractivity contribution is 5.72. The van der Waals surface area contributed by atoms with Gasteiger partial charge in [0, 0.05) is 19.5 Å². The van der Waals surface area contributed by atoms with Crippen molar-refractivity contribution in [2.75, 3.05) is 6.54 Å². The Hall–Kier alpha value is -2.03. The molecule has 4 N–H and O–H groups in total. The number of rotatable bonds is 6. The number of aliphatic hydroxyl groups is 3. The van der Waals surface area contributed by atoms with Crippen LogP contribution in [0, 0.1) is 10.1 Å². The average molecular weight is 284 g/mol. The molecule has 0 aromatic heterocycles. The molecule has 20 heavy (non-hydrogen) atoms. The smallest absolute Gasteiger partial charge is 0.274 e. The molecule has 110 valence electrons. The third kappa shape index (κ3) is 3.98. The molecule has 2 unspecified atom stereocenters. The van der Waals surface area contributed by atoms with E-state index in [1.54, 1.807) is 0 Å². The number of nitrogens with one attached hydrogen (secondary N) is 1. The lowest BCUT2D eigenvalue weighted by Gasteiger charge is -2.18. The summed E-state index contributed by atoms with van der Waals surface area (Å²) in [4.78, 5) is 20.8. The van der Waals surface area contributed by atoms with Gasteiger partial charge >= 0.3 is 0 Å². The molecule has 8 nitrogen and oxygen atoms in total. The molecule has 0 fully saturated rings. The molecule has 1 amide bonds. The molecule has 8 heteroatoms. The Kier molecular flexibility index (Phi) is 5.56. The molecule has 0 bridgehead atoms. The van der Waals surface area contributed by atoms with Crippen molar-refractivity contribution >= 4 is 11.6 Å². The van der Waals surface area contributed by atoms with E-state index in [0.29, 0.717) is 0 Å². The fourth-order valence-corrected chi connectivity index (χ4v) is 1.68. The number of nitrogens with zero attached hydrogens (tertiary/aromatic N) is 1. The van der Waals surface area contributed by atoms with Crippen LogP contribution in [0.1, 0.15) is 24.2 Å². The lowest BCUT2D eigenvalue weighted by Crippen LogP contribution is -2.34. The van der Waals surface area contributed by atoms with Gasteiger partial charge in [0.25, 0.3) is 5.69 Å². The molecule has 0 saturated heterocycles. The highest BCUT2D eigenvalue weighted by atomic mass is 16.6. The van der Waals surface area contributed by atoms with Gasteiger partial charge in [0.1, 0.15) is 12.2 Å². The van der Waals surface area contributed by atoms with E-state index >= 15 is 0 Å². The van der Waals surface area contributed by atoms with Crippen LogP contribution in [0.3, 0.4) is 0 Å². The van der Waals surface area contributed by atoms with E-state index in [1.165, 1.54) is 19.1 Å². The van der Waals surface area contributed by atoms with Crippen molar-refractivity contribution in [3.8, 4) is 0 Å². The van der Waals surface area contributed by atoms with E-state index in [1.807, 2.05) is 0 Å². The fourth-order valence-electron chi connectivity index (χ4n) is 1.68. The number of benzene rings is 1. The number of aliphatic hydroxyl groups excluding tert-OH is 3. The Morgan fingerprint density at radius 1 is 1.45 bits per heavy atom. The fraction of sp³-hybridized carbons (Fsp3) is 0.417. The number of hydrogen-bond acceptors (Lipinski definition) is 6. The third-order valence-corrected chi connectivity index (χ3v) is 2.74. The highest BCUT2D eigenvalue weighted by Gasteiger charge is 2.21. The van der Waals surface area contributed by atoms with E-state index in [4.69, 9.17) is 5.11 Å². The second kappa shape index (κ2) is 6.94. The van der Waals surface area contributed by atoms with Gasteiger partial charge in [-0.1, -0.05) is 0 Å². The van der Waals surface area contributed by atoms with Gasteiger partial charge < -0.3 is 20.6 Å². The summed E-state index contributed by atoms with van der Waals surface area (Å²) in [7, 11) is 0. The minimum Gasteiger partial charge on any atom is -0.391 e. The normalized spacial score (nSPS) is 13.6. The number of amides is 1. The van der Waals surface area contributed by atoms with Crippen LogP contribution in [-0.2, 0) is 11.4 Å². The molecule has 0 aliphatic carbocycles. The molecule has 1 aromatic rings. The standard InChI is InChI=1S/C12H16N2O6/c1-7(16)13-5-11(17)12(18)8-2-3-10(14(19)20)9(4-8)6-15/h2-4,11-12,15,17-18H,5-6H2,1H3,(H,13,16). The molecule has 0 aliphatic heterocycles. The summed E-state index contributed by atoms with van der Waals surface area (Å²) in [6, 6.07) is 3.69. The molecule has 2 atom stereocenters. The van der Waals surface area contributed by atoms with Crippen LogP contribution in [0.25, 0.3) is 0 Å². The summed E-state index contributed by atoms with van der Waals surface area (Å²) in [5.74, 6) is -0.351. The average Bonchev–Trinajstić information content (AvgIpc) is 2.42. The summed E-state index contributed by atoms with van der Waals surface area (Å²) in [5.41, 5.74) is -0.00409. The largest absolute Gasteiger partial charge is 0.391 e. The number of nitro benzene ring substituents is 1. The predicted molar refractivity (Wildman–Crippen MR) is 68.7 cm³/mol. The maximum absolute atomic E-state index is 10.7. The number of carbonyl (C=O) groups excluding carboxylic acids is 1. The Morgan fingerprint density at radius 3 is 2.60 bits per heavy atom. The Bertz CT molecular complexity index is 505. The van der Waals surface area contributed by atoms with Gasteiger partial charge in [0.15, 0.2) is 0 Å². The van der Waals surface area contributed by atoms with Crippen LogP contribution in [0.2, 0.25) is 0 Å². The summed E-state index contributed by atoms with van der Waals surface area (Å²) in [6.45, 7) is 0.565. The first-order valence-corrected chi connectivity index (χ1v) is 5.85. The second-order valence-electron chi connectivity index (χ2n) is 4.25. The molecule has 1 aromatic carbocycles. The van der Waals surface area contributed by atoms with Crippen LogP contribution < -0.4 is 5.32 Å². The summed E-state index contributed by atoms with van der Waals surface area (Å²) in [5, 5.41) is 41.7. The summed E-state index contributed by atoms with van der Waals surface area (Å²) in [6.07, 6.45) is -2.58. The first-order chi connectivity index (χ1) is 9.36.